The Kier molecular flexibility index (Phi) is 3.80. The lowest BCUT2D eigenvalue weighted by molar-refractivity contribution is 0.0407. The Bertz CT molecular complexity index is 317. The minimum Gasteiger partial charge on any atom is -0.399 e. The molecule has 1 aromatic carbocycles. The first kappa shape index (κ1) is 11.4. The molecule has 3 nitrogen and oxygen atoms in total. The molecule has 0 aliphatic carbocycles. The van der Waals surface area contributed by atoms with Gasteiger partial charge in [0.2, 0.25) is 0 Å². The summed E-state index contributed by atoms with van der Waals surface area (Å²) in [6.45, 7) is 2.79. The number of anilines is 1. The number of rotatable bonds is 3. The summed E-state index contributed by atoms with van der Waals surface area (Å²) in [5.74, 6) is 0. The highest BCUT2D eigenvalue weighted by molar-refractivity contribution is 5.39. The van der Waals surface area contributed by atoms with Crippen molar-refractivity contribution in [2.24, 2.45) is 0 Å². The topological polar surface area (TPSA) is 38.5 Å². The Hall–Kier alpha value is -1.06. The molecular weight excluding hydrogens is 200 g/mol. The molecule has 2 N–H and O–H groups in total. The molecule has 0 amide bonds. The van der Waals surface area contributed by atoms with Crippen LogP contribution >= 0.6 is 0 Å². The molecule has 0 aromatic heterocycles. The smallest absolute Gasteiger partial charge is 0.0480 e. The SMILES string of the molecule is CN(Cc1ccc(N)cc1)C1CCOCC1. The first-order chi connectivity index (χ1) is 7.75. The van der Waals surface area contributed by atoms with E-state index in [1.54, 1.807) is 0 Å². The van der Waals surface area contributed by atoms with Crippen LogP contribution in [0.2, 0.25) is 0 Å². The summed E-state index contributed by atoms with van der Waals surface area (Å²) >= 11 is 0. The third-order valence-electron chi connectivity index (χ3n) is 3.23. The number of ether oxygens (including phenoxy) is 1. The fourth-order valence-electron chi connectivity index (χ4n) is 2.17. The Morgan fingerprint density at radius 1 is 1.25 bits per heavy atom. The Morgan fingerprint density at radius 3 is 2.50 bits per heavy atom. The van der Waals surface area contributed by atoms with Crippen LogP contribution in [0.25, 0.3) is 0 Å². The van der Waals surface area contributed by atoms with Gasteiger partial charge in [0.25, 0.3) is 0 Å². The van der Waals surface area contributed by atoms with E-state index in [-0.39, 0.29) is 0 Å². The zero-order valence-electron chi connectivity index (χ0n) is 9.86. The van der Waals surface area contributed by atoms with Gasteiger partial charge in [-0.25, -0.2) is 0 Å². The lowest BCUT2D eigenvalue weighted by Crippen LogP contribution is -2.36. The maximum absolute atomic E-state index is 5.67. The van der Waals surface area contributed by atoms with Gasteiger partial charge in [0.1, 0.15) is 0 Å². The summed E-state index contributed by atoms with van der Waals surface area (Å²) in [5.41, 5.74) is 7.82. The lowest BCUT2D eigenvalue weighted by atomic mass is 10.1. The monoisotopic (exact) mass is 220 g/mol. The first-order valence-corrected chi connectivity index (χ1v) is 5.88. The molecule has 2 rings (SSSR count). The van der Waals surface area contributed by atoms with Crippen molar-refractivity contribution in [3.8, 4) is 0 Å². The van der Waals surface area contributed by atoms with Gasteiger partial charge in [-0.1, -0.05) is 12.1 Å². The predicted octanol–water partition coefficient (Wildman–Crippen LogP) is 1.88. The van der Waals surface area contributed by atoms with E-state index in [0.717, 1.165) is 38.3 Å². The van der Waals surface area contributed by atoms with Crippen LogP contribution in [-0.4, -0.2) is 31.2 Å². The van der Waals surface area contributed by atoms with Gasteiger partial charge in [-0.3, -0.25) is 4.90 Å². The molecule has 1 heterocycles. The van der Waals surface area contributed by atoms with Crippen LogP contribution in [0.1, 0.15) is 18.4 Å². The molecule has 0 spiro atoms. The maximum Gasteiger partial charge on any atom is 0.0480 e. The normalized spacial score (nSPS) is 17.9. The van der Waals surface area contributed by atoms with E-state index in [9.17, 15) is 0 Å². The quantitative estimate of drug-likeness (QED) is 0.790. The molecule has 16 heavy (non-hydrogen) atoms. The van der Waals surface area contributed by atoms with Gasteiger partial charge in [0, 0.05) is 31.5 Å². The average Bonchev–Trinajstić information content (AvgIpc) is 2.33. The van der Waals surface area contributed by atoms with Crippen molar-refractivity contribution in [2.45, 2.75) is 25.4 Å². The second-order valence-corrected chi connectivity index (χ2v) is 4.50. The molecule has 0 radical (unpaired) electrons. The van der Waals surface area contributed by atoms with Crippen LogP contribution in [0.3, 0.4) is 0 Å². The number of hydrogen-bond donors (Lipinski definition) is 1. The summed E-state index contributed by atoms with van der Waals surface area (Å²) in [6, 6.07) is 8.79. The molecule has 1 aliphatic rings. The largest absolute Gasteiger partial charge is 0.399 e. The van der Waals surface area contributed by atoms with Gasteiger partial charge in [0.15, 0.2) is 0 Å². The van der Waals surface area contributed by atoms with Crippen LogP contribution in [-0.2, 0) is 11.3 Å². The first-order valence-electron chi connectivity index (χ1n) is 5.88. The van der Waals surface area contributed by atoms with Crippen molar-refractivity contribution in [3.63, 3.8) is 0 Å². The molecule has 1 saturated heterocycles. The number of benzene rings is 1. The molecule has 0 bridgehead atoms. The van der Waals surface area contributed by atoms with Crippen molar-refractivity contribution < 1.29 is 4.74 Å². The van der Waals surface area contributed by atoms with Crippen LogP contribution < -0.4 is 5.73 Å². The second kappa shape index (κ2) is 5.32. The molecule has 88 valence electrons. The zero-order chi connectivity index (χ0) is 11.4. The van der Waals surface area contributed by atoms with E-state index in [2.05, 4.69) is 24.1 Å². The van der Waals surface area contributed by atoms with Crippen LogP contribution in [0.5, 0.6) is 0 Å². The highest BCUT2D eigenvalue weighted by atomic mass is 16.5. The van der Waals surface area contributed by atoms with Gasteiger partial charge in [-0.15, -0.1) is 0 Å². The van der Waals surface area contributed by atoms with E-state index in [4.69, 9.17) is 10.5 Å². The Morgan fingerprint density at radius 2 is 1.88 bits per heavy atom. The summed E-state index contributed by atoms with van der Waals surface area (Å²) in [4.78, 5) is 2.41. The van der Waals surface area contributed by atoms with Crippen molar-refractivity contribution in [1.29, 1.82) is 0 Å². The van der Waals surface area contributed by atoms with Crippen molar-refractivity contribution in [2.75, 3.05) is 26.0 Å². The van der Waals surface area contributed by atoms with Gasteiger partial charge < -0.3 is 10.5 Å². The summed E-state index contributed by atoms with van der Waals surface area (Å²) in [6.07, 6.45) is 2.29. The molecule has 0 saturated carbocycles. The minimum absolute atomic E-state index is 0.659. The number of nitrogens with zero attached hydrogens (tertiary/aromatic N) is 1. The van der Waals surface area contributed by atoms with E-state index in [1.165, 1.54) is 5.56 Å². The fraction of sp³-hybridized carbons (Fsp3) is 0.538. The third-order valence-corrected chi connectivity index (χ3v) is 3.23. The highest BCUT2D eigenvalue weighted by Gasteiger charge is 2.18. The van der Waals surface area contributed by atoms with E-state index >= 15 is 0 Å². The lowest BCUT2D eigenvalue weighted by Gasteiger charge is -2.31. The second-order valence-electron chi connectivity index (χ2n) is 4.50. The molecule has 0 unspecified atom stereocenters. The van der Waals surface area contributed by atoms with E-state index in [0.29, 0.717) is 6.04 Å². The van der Waals surface area contributed by atoms with Crippen molar-refractivity contribution in [1.82, 2.24) is 4.90 Å². The number of hydrogen-bond acceptors (Lipinski definition) is 3. The van der Waals surface area contributed by atoms with Gasteiger partial charge >= 0.3 is 0 Å². The third kappa shape index (κ3) is 2.97. The Labute approximate surface area is 97.2 Å². The summed E-state index contributed by atoms with van der Waals surface area (Å²) in [5, 5.41) is 0. The van der Waals surface area contributed by atoms with Crippen LogP contribution in [0.15, 0.2) is 24.3 Å². The van der Waals surface area contributed by atoms with Crippen molar-refractivity contribution in [3.05, 3.63) is 29.8 Å². The zero-order valence-corrected chi connectivity index (χ0v) is 9.86. The predicted molar refractivity (Wildman–Crippen MR) is 66.2 cm³/mol. The Balaban J connectivity index is 1.90. The molecule has 1 aliphatic heterocycles. The summed E-state index contributed by atoms with van der Waals surface area (Å²) in [7, 11) is 2.19. The molecule has 0 atom stereocenters. The van der Waals surface area contributed by atoms with E-state index < -0.39 is 0 Å². The van der Waals surface area contributed by atoms with Gasteiger partial charge in [0.05, 0.1) is 0 Å². The van der Waals surface area contributed by atoms with Gasteiger partial charge in [-0.2, -0.15) is 0 Å². The van der Waals surface area contributed by atoms with Crippen LogP contribution in [0.4, 0.5) is 5.69 Å². The van der Waals surface area contributed by atoms with Gasteiger partial charge in [-0.05, 0) is 37.6 Å². The minimum atomic E-state index is 0.659. The van der Waals surface area contributed by atoms with E-state index in [1.807, 2.05) is 12.1 Å². The molecular formula is C13H20N2O. The standard InChI is InChI=1S/C13H20N2O/c1-15(13-6-8-16-9-7-13)10-11-2-4-12(14)5-3-11/h2-5,13H,6-10,14H2,1H3. The average molecular weight is 220 g/mol. The fourth-order valence-corrected chi connectivity index (χ4v) is 2.17. The molecule has 3 heteroatoms. The maximum atomic E-state index is 5.67. The molecule has 1 aromatic rings. The highest BCUT2D eigenvalue weighted by Crippen LogP contribution is 2.16. The van der Waals surface area contributed by atoms with Crippen molar-refractivity contribution >= 4 is 5.69 Å². The number of nitrogens with two attached hydrogens (primary N) is 1. The molecule has 1 fully saturated rings. The van der Waals surface area contributed by atoms with Crippen LogP contribution in [0, 0.1) is 0 Å². The summed E-state index contributed by atoms with van der Waals surface area (Å²) < 4.78 is 5.37. The number of nitrogen functional groups attached to an aromatic ring is 1.